The van der Waals surface area contributed by atoms with Gasteiger partial charge >= 0.3 is 0 Å². The summed E-state index contributed by atoms with van der Waals surface area (Å²) >= 11 is 3.52. The Kier molecular flexibility index (Phi) is 2.49. The van der Waals surface area contributed by atoms with Gasteiger partial charge in [0.15, 0.2) is 0 Å². The molecule has 0 amide bonds. The van der Waals surface area contributed by atoms with E-state index in [0.29, 0.717) is 0 Å². The molecule has 0 aliphatic carbocycles. The van der Waals surface area contributed by atoms with E-state index in [0.717, 1.165) is 11.5 Å². The third-order valence-electron chi connectivity index (χ3n) is 2.84. The highest BCUT2D eigenvalue weighted by atomic mass is 79.9. The van der Waals surface area contributed by atoms with Crippen molar-refractivity contribution in [2.24, 2.45) is 0 Å². The summed E-state index contributed by atoms with van der Waals surface area (Å²) < 4.78 is 0. The van der Waals surface area contributed by atoms with Gasteiger partial charge < -0.3 is 0 Å². The van der Waals surface area contributed by atoms with Crippen LogP contribution in [-0.4, -0.2) is 47.5 Å². The molecule has 64 valence electrons. The van der Waals surface area contributed by atoms with Crippen molar-refractivity contribution < 1.29 is 0 Å². The van der Waals surface area contributed by atoms with E-state index in [9.17, 15) is 0 Å². The minimum absolute atomic E-state index is 0.876. The quantitative estimate of drug-likeness (QED) is 0.481. The van der Waals surface area contributed by atoms with Crippen molar-refractivity contribution in [2.45, 2.75) is 18.9 Å². The van der Waals surface area contributed by atoms with E-state index in [1.54, 1.807) is 0 Å². The van der Waals surface area contributed by atoms with Crippen LogP contribution >= 0.6 is 15.9 Å². The van der Waals surface area contributed by atoms with Crippen LogP contribution < -0.4 is 0 Å². The van der Waals surface area contributed by atoms with E-state index in [4.69, 9.17) is 0 Å². The van der Waals surface area contributed by atoms with E-state index in [-0.39, 0.29) is 0 Å². The fraction of sp³-hybridized carbons (Fsp3) is 1.00. The Hall–Kier alpha value is 0.400. The molecule has 0 aromatic rings. The van der Waals surface area contributed by atoms with Crippen LogP contribution in [0.4, 0.5) is 0 Å². The summed E-state index contributed by atoms with van der Waals surface area (Å²) in [4.78, 5) is 5.13. The molecular weight excluding hydrogens is 204 g/mol. The fourth-order valence-electron chi connectivity index (χ4n) is 2.16. The van der Waals surface area contributed by atoms with Crippen LogP contribution in [0.3, 0.4) is 0 Å². The zero-order valence-corrected chi connectivity index (χ0v) is 8.39. The number of piperazine rings is 1. The standard InChI is InChI=1S/C8H15BrN2/c9-7-10-4-5-11-3-1-2-8(11)6-10/h8H,1-7H2/t8-/m0/s1. The summed E-state index contributed by atoms with van der Waals surface area (Å²) in [6, 6.07) is 0.876. The lowest BCUT2D eigenvalue weighted by molar-refractivity contribution is 0.121. The first-order chi connectivity index (χ1) is 5.40. The zero-order valence-electron chi connectivity index (χ0n) is 6.80. The molecule has 2 aliphatic rings. The monoisotopic (exact) mass is 218 g/mol. The van der Waals surface area contributed by atoms with Crippen molar-refractivity contribution in [3.05, 3.63) is 0 Å². The second-order valence-corrected chi connectivity index (χ2v) is 4.03. The molecule has 2 nitrogen and oxygen atoms in total. The summed E-state index contributed by atoms with van der Waals surface area (Å²) in [6.45, 7) is 5.17. The van der Waals surface area contributed by atoms with Crippen LogP contribution in [0.1, 0.15) is 12.8 Å². The molecule has 0 aromatic heterocycles. The average molecular weight is 219 g/mol. The van der Waals surface area contributed by atoms with Crippen LogP contribution in [0, 0.1) is 0 Å². The summed E-state index contributed by atoms with van der Waals surface area (Å²) in [5.74, 6) is 0. The van der Waals surface area contributed by atoms with E-state index in [2.05, 4.69) is 25.7 Å². The van der Waals surface area contributed by atoms with Crippen molar-refractivity contribution in [3.63, 3.8) is 0 Å². The summed E-state index contributed by atoms with van der Waals surface area (Å²) in [5.41, 5.74) is 1.05. The van der Waals surface area contributed by atoms with E-state index in [1.807, 2.05) is 0 Å². The van der Waals surface area contributed by atoms with Gasteiger partial charge in [-0.3, -0.25) is 9.80 Å². The number of rotatable bonds is 1. The minimum Gasteiger partial charge on any atom is -0.298 e. The number of alkyl halides is 1. The molecule has 0 N–H and O–H groups in total. The molecular formula is C8H15BrN2. The molecule has 2 aliphatic heterocycles. The Bertz CT molecular complexity index is 140. The third kappa shape index (κ3) is 1.60. The topological polar surface area (TPSA) is 6.48 Å². The Morgan fingerprint density at radius 1 is 1.27 bits per heavy atom. The summed E-state index contributed by atoms with van der Waals surface area (Å²) in [7, 11) is 0. The maximum absolute atomic E-state index is 3.52. The average Bonchev–Trinajstić information content (AvgIpc) is 2.50. The SMILES string of the molecule is BrCN1CCN2CCC[C@H]2C1. The fourth-order valence-corrected chi connectivity index (χ4v) is 2.62. The van der Waals surface area contributed by atoms with Gasteiger partial charge in [0, 0.05) is 25.7 Å². The largest absolute Gasteiger partial charge is 0.298 e. The van der Waals surface area contributed by atoms with Gasteiger partial charge in [0.05, 0.1) is 5.45 Å². The molecule has 1 atom stereocenters. The molecule has 0 spiro atoms. The Morgan fingerprint density at radius 2 is 2.18 bits per heavy atom. The van der Waals surface area contributed by atoms with Crippen molar-refractivity contribution in [2.75, 3.05) is 31.6 Å². The van der Waals surface area contributed by atoms with Crippen molar-refractivity contribution in [3.8, 4) is 0 Å². The smallest absolute Gasteiger partial charge is 0.0543 e. The lowest BCUT2D eigenvalue weighted by Gasteiger charge is -2.36. The molecule has 0 bridgehead atoms. The van der Waals surface area contributed by atoms with E-state index >= 15 is 0 Å². The molecule has 2 saturated heterocycles. The minimum atomic E-state index is 0.876. The maximum Gasteiger partial charge on any atom is 0.0543 e. The zero-order chi connectivity index (χ0) is 7.68. The first kappa shape index (κ1) is 8.02. The van der Waals surface area contributed by atoms with E-state index < -0.39 is 0 Å². The molecule has 0 saturated carbocycles. The van der Waals surface area contributed by atoms with Crippen LogP contribution in [0.25, 0.3) is 0 Å². The van der Waals surface area contributed by atoms with E-state index in [1.165, 1.54) is 39.0 Å². The van der Waals surface area contributed by atoms with Crippen LogP contribution in [0.5, 0.6) is 0 Å². The van der Waals surface area contributed by atoms with Gasteiger partial charge in [-0.2, -0.15) is 0 Å². The number of hydrogen-bond acceptors (Lipinski definition) is 2. The highest BCUT2D eigenvalue weighted by Crippen LogP contribution is 2.21. The Balaban J connectivity index is 1.91. The predicted molar refractivity (Wildman–Crippen MR) is 50.0 cm³/mol. The van der Waals surface area contributed by atoms with Gasteiger partial charge in [-0.05, 0) is 19.4 Å². The summed E-state index contributed by atoms with van der Waals surface area (Å²) in [5, 5.41) is 0. The number of hydrogen-bond donors (Lipinski definition) is 0. The molecule has 0 unspecified atom stereocenters. The Labute approximate surface area is 76.7 Å². The van der Waals surface area contributed by atoms with Crippen LogP contribution in [0.2, 0.25) is 0 Å². The van der Waals surface area contributed by atoms with Crippen LogP contribution in [0.15, 0.2) is 0 Å². The van der Waals surface area contributed by atoms with Crippen molar-refractivity contribution in [1.29, 1.82) is 0 Å². The molecule has 0 radical (unpaired) electrons. The third-order valence-corrected chi connectivity index (χ3v) is 3.55. The van der Waals surface area contributed by atoms with Crippen LogP contribution in [-0.2, 0) is 0 Å². The number of fused-ring (bicyclic) bond motifs is 1. The normalized spacial score (nSPS) is 34.1. The van der Waals surface area contributed by atoms with Crippen molar-refractivity contribution in [1.82, 2.24) is 9.80 Å². The molecule has 11 heavy (non-hydrogen) atoms. The second-order valence-electron chi connectivity index (χ2n) is 3.53. The lowest BCUT2D eigenvalue weighted by Crippen LogP contribution is -2.49. The molecule has 3 heteroatoms. The first-order valence-electron chi connectivity index (χ1n) is 4.42. The second kappa shape index (κ2) is 3.42. The molecule has 2 fully saturated rings. The molecule has 2 heterocycles. The van der Waals surface area contributed by atoms with Gasteiger partial charge in [-0.15, -0.1) is 0 Å². The highest BCUT2D eigenvalue weighted by Gasteiger charge is 2.29. The number of nitrogens with zero attached hydrogens (tertiary/aromatic N) is 2. The summed E-state index contributed by atoms with van der Waals surface area (Å²) in [6.07, 6.45) is 2.84. The molecule has 2 rings (SSSR count). The predicted octanol–water partition coefficient (Wildman–Crippen LogP) is 1.12. The van der Waals surface area contributed by atoms with Gasteiger partial charge in [0.25, 0.3) is 0 Å². The molecule has 0 aromatic carbocycles. The lowest BCUT2D eigenvalue weighted by atomic mass is 10.2. The number of halogens is 1. The highest BCUT2D eigenvalue weighted by molar-refractivity contribution is 9.09. The van der Waals surface area contributed by atoms with Gasteiger partial charge in [-0.25, -0.2) is 0 Å². The van der Waals surface area contributed by atoms with Gasteiger partial charge in [0.1, 0.15) is 0 Å². The van der Waals surface area contributed by atoms with Gasteiger partial charge in [0.2, 0.25) is 0 Å². The maximum atomic E-state index is 3.52. The first-order valence-corrected chi connectivity index (χ1v) is 5.54. The van der Waals surface area contributed by atoms with Crippen molar-refractivity contribution >= 4 is 15.9 Å². The Morgan fingerprint density at radius 3 is 3.00 bits per heavy atom. The van der Waals surface area contributed by atoms with Gasteiger partial charge in [-0.1, -0.05) is 15.9 Å².